The van der Waals surface area contributed by atoms with Crippen LogP contribution in [0.15, 0.2) is 45.5 Å². The van der Waals surface area contributed by atoms with Crippen LogP contribution in [0.2, 0.25) is 0 Å². The molecule has 0 aliphatic carbocycles. The van der Waals surface area contributed by atoms with Crippen LogP contribution in [0.25, 0.3) is 11.1 Å². The van der Waals surface area contributed by atoms with Gasteiger partial charge < -0.3 is 4.98 Å². The van der Waals surface area contributed by atoms with Crippen molar-refractivity contribution in [2.24, 2.45) is 15.1 Å². The molecule has 0 saturated carbocycles. The molecule has 0 fully saturated rings. The van der Waals surface area contributed by atoms with Crippen molar-refractivity contribution in [1.29, 1.82) is 0 Å². The summed E-state index contributed by atoms with van der Waals surface area (Å²) < 4.78 is 0. The molecule has 0 saturated heterocycles. The summed E-state index contributed by atoms with van der Waals surface area (Å²) in [4.78, 5) is 11.7. The normalized spacial score (nSPS) is 16.2. The number of halogens is 1. The van der Waals surface area contributed by atoms with E-state index in [1.54, 1.807) is 11.8 Å². The van der Waals surface area contributed by atoms with Crippen molar-refractivity contribution in [3.8, 4) is 11.1 Å². The summed E-state index contributed by atoms with van der Waals surface area (Å²) in [6, 6.07) is 8.02. The van der Waals surface area contributed by atoms with Crippen LogP contribution in [0.5, 0.6) is 0 Å². The van der Waals surface area contributed by atoms with Gasteiger partial charge in [-0.05, 0) is 18.2 Å². The second kappa shape index (κ2) is 4.38. The number of hydrogen-bond donors (Lipinski definition) is 3. The Balaban J connectivity index is 1.77. The van der Waals surface area contributed by atoms with Crippen LogP contribution in [0.1, 0.15) is 5.69 Å². The number of aliphatic imine (C=N–C) groups is 2. The van der Waals surface area contributed by atoms with Gasteiger partial charge in [0, 0.05) is 28.9 Å². The highest BCUT2D eigenvalue weighted by molar-refractivity contribution is 6.62. The minimum absolute atomic E-state index is 0.516. The molecule has 2 aliphatic heterocycles. The number of aromatic nitrogens is 1. The molecule has 1 aromatic carbocycles. The molecule has 5 N–H and O–H groups in total. The van der Waals surface area contributed by atoms with Gasteiger partial charge in [-0.15, -0.1) is 0 Å². The van der Waals surface area contributed by atoms with Gasteiger partial charge in [0.2, 0.25) is 12.2 Å². The average molecular weight is 287 g/mol. The summed E-state index contributed by atoms with van der Waals surface area (Å²) in [6.07, 6.45) is 3.62. The number of aromatic amines is 1. The van der Waals surface area contributed by atoms with Crippen LogP contribution in [-0.4, -0.2) is 22.5 Å². The third kappa shape index (κ3) is 1.78. The number of H-pyrrole nitrogens is 1. The summed E-state index contributed by atoms with van der Waals surface area (Å²) in [7, 11) is 0. The zero-order chi connectivity index (χ0) is 13.5. The van der Waals surface area contributed by atoms with Gasteiger partial charge in [-0.25, -0.2) is 0 Å². The molecule has 2 aliphatic rings. The number of nitrogens with two attached hydrogens (primary N) is 2. The number of quaternary nitrogens is 2. The Morgan fingerprint density at radius 2 is 2.20 bits per heavy atom. The molecule has 0 amide bonds. The largest absolute Gasteiger partial charge is 0.358 e. The molecule has 1 aromatic heterocycles. The molecule has 6 nitrogen and oxygen atoms in total. The van der Waals surface area contributed by atoms with Crippen molar-refractivity contribution >= 4 is 40.4 Å². The van der Waals surface area contributed by atoms with Gasteiger partial charge >= 0.3 is 5.29 Å². The minimum Gasteiger partial charge on any atom is -0.358 e. The number of nitrogens with zero attached hydrogens (tertiary/aromatic N) is 3. The van der Waals surface area contributed by atoms with Crippen molar-refractivity contribution in [2.45, 2.75) is 0 Å². The highest BCUT2D eigenvalue weighted by Crippen LogP contribution is 2.35. The Bertz CT molecular complexity index is 786. The maximum Gasteiger partial charge on any atom is 0.302 e. The summed E-state index contributed by atoms with van der Waals surface area (Å²) in [5, 5.41) is 6.59. The predicted molar refractivity (Wildman–Crippen MR) is 77.7 cm³/mol. The molecule has 0 radical (unpaired) electrons. The SMILES string of the molecule is ClC1=Nc2cccc(-c3c[nH]c(C4=N[NH2+]C=N4)c3)c2[NH2+]1. The number of hydrogen-bond acceptors (Lipinski definition) is 3. The van der Waals surface area contributed by atoms with Crippen LogP contribution in [0.4, 0.5) is 11.4 Å². The van der Waals surface area contributed by atoms with Gasteiger partial charge in [0.05, 0.1) is 5.69 Å². The van der Waals surface area contributed by atoms with E-state index in [2.05, 4.69) is 26.1 Å². The maximum absolute atomic E-state index is 5.99. The third-order valence-corrected chi connectivity index (χ3v) is 3.46. The molecular formula is C13H11ClN6+2. The fourth-order valence-electron chi connectivity index (χ4n) is 2.38. The number of rotatable bonds is 2. The number of para-hydroxylation sites is 1. The molecule has 0 atom stereocenters. The molecule has 4 rings (SSSR count). The fraction of sp³-hybridized carbons (Fsp3) is 0. The summed E-state index contributed by atoms with van der Waals surface area (Å²) in [6.45, 7) is 0. The van der Waals surface area contributed by atoms with Crippen molar-refractivity contribution in [1.82, 2.24) is 4.98 Å². The lowest BCUT2D eigenvalue weighted by Crippen LogP contribution is -2.78. The van der Waals surface area contributed by atoms with Crippen LogP contribution in [0, 0.1) is 0 Å². The zero-order valence-corrected chi connectivity index (χ0v) is 11.1. The monoisotopic (exact) mass is 286 g/mol. The van der Waals surface area contributed by atoms with E-state index in [1.807, 2.05) is 29.7 Å². The zero-order valence-electron chi connectivity index (χ0n) is 10.3. The van der Waals surface area contributed by atoms with Gasteiger partial charge in [0.1, 0.15) is 5.69 Å². The smallest absolute Gasteiger partial charge is 0.302 e. The Labute approximate surface area is 119 Å². The lowest BCUT2D eigenvalue weighted by Gasteiger charge is -2.01. The van der Waals surface area contributed by atoms with Gasteiger partial charge in [-0.3, -0.25) is 5.32 Å². The Morgan fingerprint density at radius 1 is 1.25 bits per heavy atom. The number of benzene rings is 1. The van der Waals surface area contributed by atoms with Crippen LogP contribution >= 0.6 is 11.6 Å². The molecule has 2 aromatic rings. The first-order valence-corrected chi connectivity index (χ1v) is 6.54. The second-order valence-electron chi connectivity index (χ2n) is 4.50. The van der Waals surface area contributed by atoms with E-state index < -0.39 is 0 Å². The number of amidine groups is 2. The van der Waals surface area contributed by atoms with Crippen LogP contribution in [0.3, 0.4) is 0 Å². The first-order chi connectivity index (χ1) is 9.81. The van der Waals surface area contributed by atoms with E-state index in [9.17, 15) is 0 Å². The topological polar surface area (TPSA) is 86.1 Å². The predicted octanol–water partition coefficient (Wildman–Crippen LogP) is 0.383. The van der Waals surface area contributed by atoms with Crippen molar-refractivity contribution < 1.29 is 10.7 Å². The van der Waals surface area contributed by atoms with Crippen molar-refractivity contribution in [2.75, 3.05) is 0 Å². The highest BCUT2D eigenvalue weighted by Gasteiger charge is 2.23. The van der Waals surface area contributed by atoms with Crippen molar-refractivity contribution in [3.63, 3.8) is 0 Å². The summed E-state index contributed by atoms with van der Waals surface area (Å²) >= 11 is 5.99. The summed E-state index contributed by atoms with van der Waals surface area (Å²) in [5.74, 6) is 0.696. The molecule has 0 unspecified atom stereocenters. The van der Waals surface area contributed by atoms with E-state index in [0.29, 0.717) is 11.1 Å². The molecule has 0 spiro atoms. The average Bonchev–Trinajstić information content (AvgIpc) is 3.17. The first kappa shape index (κ1) is 11.5. The lowest BCUT2D eigenvalue weighted by molar-refractivity contribution is -0.532. The molecular weight excluding hydrogens is 276 g/mol. The van der Waals surface area contributed by atoms with E-state index in [0.717, 1.165) is 28.2 Å². The molecule has 20 heavy (non-hydrogen) atoms. The third-order valence-electron chi connectivity index (χ3n) is 3.27. The maximum atomic E-state index is 5.99. The van der Waals surface area contributed by atoms with Gasteiger partial charge in [-0.2, -0.15) is 15.4 Å². The number of nitrogens with one attached hydrogen (secondary N) is 1. The van der Waals surface area contributed by atoms with Gasteiger partial charge in [0.25, 0.3) is 0 Å². The van der Waals surface area contributed by atoms with Crippen LogP contribution < -0.4 is 10.7 Å². The van der Waals surface area contributed by atoms with E-state index in [-0.39, 0.29) is 0 Å². The van der Waals surface area contributed by atoms with E-state index >= 15 is 0 Å². The van der Waals surface area contributed by atoms with Gasteiger partial charge in [-0.1, -0.05) is 11.2 Å². The van der Waals surface area contributed by atoms with Crippen molar-refractivity contribution in [3.05, 3.63) is 36.2 Å². The van der Waals surface area contributed by atoms with E-state index in [1.165, 1.54) is 0 Å². The highest BCUT2D eigenvalue weighted by atomic mass is 35.5. The standard InChI is InChI=1S/C13H9ClN6/c14-13-18-9-3-1-2-8(11(9)19-13)7-4-10(15-5-7)12-16-6-17-20-12/h1-6,15H,(H,18,19)(H,16,17,20)/p+2. The Hall–Kier alpha value is -2.28. The quantitative estimate of drug-likeness (QED) is 0.405. The Kier molecular flexibility index (Phi) is 2.53. The first-order valence-electron chi connectivity index (χ1n) is 6.16. The van der Waals surface area contributed by atoms with E-state index in [4.69, 9.17) is 11.6 Å². The lowest BCUT2D eigenvalue weighted by atomic mass is 10.1. The fourth-order valence-corrected chi connectivity index (χ4v) is 2.58. The Morgan fingerprint density at radius 3 is 3.05 bits per heavy atom. The number of fused-ring (bicyclic) bond motifs is 1. The molecule has 98 valence electrons. The second-order valence-corrected chi connectivity index (χ2v) is 4.89. The summed E-state index contributed by atoms with van der Waals surface area (Å²) in [5.41, 5.74) is 6.69. The van der Waals surface area contributed by atoms with Gasteiger partial charge in [0.15, 0.2) is 5.69 Å². The molecule has 7 heteroatoms. The minimum atomic E-state index is 0.516. The molecule has 3 heterocycles. The van der Waals surface area contributed by atoms with Crippen LogP contribution in [-0.2, 0) is 0 Å². The molecule has 0 bridgehead atoms.